The van der Waals surface area contributed by atoms with Crippen LogP contribution in [-0.2, 0) is 23.7 Å². The monoisotopic (exact) mass is 320 g/mol. The largest absolute Gasteiger partial charge is 0.459 e. The molecule has 0 spiro atoms. The Hall–Kier alpha value is -1.96. The Balaban J connectivity index is 1.48. The summed E-state index contributed by atoms with van der Waals surface area (Å²) in [7, 11) is 0. The number of hydrogen-bond acceptors (Lipinski definition) is 7. The molecule has 122 valence electrons. The van der Waals surface area contributed by atoms with Crippen molar-refractivity contribution >= 4 is 11.9 Å². The predicted octanol–water partition coefficient (Wildman–Crippen LogP) is 0.0546. The van der Waals surface area contributed by atoms with Crippen LogP contribution < -0.4 is 0 Å². The lowest BCUT2D eigenvalue weighted by Gasteiger charge is -2.29. The van der Waals surface area contributed by atoms with E-state index in [1.165, 1.54) is 6.92 Å². The van der Waals surface area contributed by atoms with Crippen molar-refractivity contribution in [3.05, 3.63) is 35.9 Å². The van der Waals surface area contributed by atoms with Gasteiger partial charge in [-0.15, -0.1) is 0 Å². The van der Waals surface area contributed by atoms with Crippen molar-refractivity contribution in [2.24, 2.45) is 0 Å². The lowest BCUT2D eigenvalue weighted by atomic mass is 9.84. The second-order valence-electron chi connectivity index (χ2n) is 6.02. The number of carbonyl (C=O) groups excluding carboxylic acids is 2. The fraction of sp³-hybridized carbons (Fsp3) is 0.500. The van der Waals surface area contributed by atoms with Crippen molar-refractivity contribution in [3.8, 4) is 0 Å². The van der Waals surface area contributed by atoms with E-state index in [0.29, 0.717) is 5.56 Å². The van der Waals surface area contributed by atoms with E-state index in [0.717, 1.165) is 0 Å². The van der Waals surface area contributed by atoms with Crippen LogP contribution in [0.1, 0.15) is 17.3 Å². The molecule has 6 unspecified atom stereocenters. The Morgan fingerprint density at radius 1 is 1.26 bits per heavy atom. The van der Waals surface area contributed by atoms with E-state index in [1.54, 1.807) is 30.3 Å². The molecule has 0 radical (unpaired) electrons. The highest BCUT2D eigenvalue weighted by atomic mass is 16.7. The molecule has 3 aliphatic rings. The third-order valence-electron chi connectivity index (χ3n) is 4.49. The minimum Gasteiger partial charge on any atom is -0.459 e. The van der Waals surface area contributed by atoms with Gasteiger partial charge in [0.15, 0.2) is 11.7 Å². The maximum Gasteiger partial charge on any atom is 0.338 e. The van der Waals surface area contributed by atoms with Gasteiger partial charge < -0.3 is 24.1 Å². The molecule has 23 heavy (non-hydrogen) atoms. The first kappa shape index (κ1) is 14.6. The van der Waals surface area contributed by atoms with Crippen LogP contribution in [-0.4, -0.2) is 59.8 Å². The normalized spacial score (nSPS) is 39.7. The number of aliphatic hydroxyl groups excluding tert-OH is 1. The number of epoxide rings is 2. The van der Waals surface area contributed by atoms with Gasteiger partial charge in [-0.3, -0.25) is 4.79 Å². The standard InChI is InChI=1S/C16H16O7/c1-8(17)21-13-10(18)11-12(22-11)14-16(13,23-14)7-20-15(19)9-5-3-2-4-6-9/h2-6,10-14,18H,7H2,1H3. The summed E-state index contributed by atoms with van der Waals surface area (Å²) in [6, 6.07) is 8.56. The van der Waals surface area contributed by atoms with Crippen LogP contribution in [0, 0.1) is 0 Å². The highest BCUT2D eigenvalue weighted by molar-refractivity contribution is 5.89. The Labute approximate surface area is 132 Å². The first-order valence-corrected chi connectivity index (χ1v) is 7.44. The molecule has 1 aromatic carbocycles. The highest BCUT2D eigenvalue weighted by Gasteiger charge is 2.79. The zero-order valence-electron chi connectivity index (χ0n) is 12.4. The molecule has 7 heteroatoms. The van der Waals surface area contributed by atoms with Crippen LogP contribution in [0.4, 0.5) is 0 Å². The van der Waals surface area contributed by atoms with Gasteiger partial charge in [-0.2, -0.15) is 0 Å². The molecule has 7 nitrogen and oxygen atoms in total. The van der Waals surface area contributed by atoms with E-state index < -0.39 is 29.7 Å². The molecule has 0 amide bonds. The molecule has 1 N–H and O–H groups in total. The minimum absolute atomic E-state index is 0.104. The summed E-state index contributed by atoms with van der Waals surface area (Å²) in [5.41, 5.74) is -0.602. The maximum atomic E-state index is 12.1. The first-order chi connectivity index (χ1) is 11.0. The van der Waals surface area contributed by atoms with Crippen LogP contribution in [0.25, 0.3) is 0 Å². The topological polar surface area (TPSA) is 97.9 Å². The smallest absolute Gasteiger partial charge is 0.338 e. The number of esters is 2. The second kappa shape index (κ2) is 5.02. The number of ether oxygens (including phenoxy) is 4. The molecular weight excluding hydrogens is 304 g/mol. The summed E-state index contributed by atoms with van der Waals surface area (Å²) in [5, 5.41) is 10.2. The molecule has 0 bridgehead atoms. The highest BCUT2D eigenvalue weighted by Crippen LogP contribution is 2.56. The minimum atomic E-state index is -1.02. The number of carbonyl (C=O) groups is 2. The second-order valence-corrected chi connectivity index (χ2v) is 6.02. The zero-order chi connectivity index (χ0) is 16.2. The molecular formula is C16H16O7. The number of fused-ring (bicyclic) bond motifs is 3. The van der Waals surface area contributed by atoms with Gasteiger partial charge in [-0.05, 0) is 12.1 Å². The fourth-order valence-corrected chi connectivity index (χ4v) is 3.27. The Kier molecular flexibility index (Phi) is 3.19. The van der Waals surface area contributed by atoms with Crippen LogP contribution in [0.15, 0.2) is 30.3 Å². The van der Waals surface area contributed by atoms with E-state index in [2.05, 4.69) is 0 Å². The van der Waals surface area contributed by atoms with Gasteiger partial charge in [0.1, 0.15) is 31.0 Å². The van der Waals surface area contributed by atoms with Crippen molar-refractivity contribution in [1.82, 2.24) is 0 Å². The Morgan fingerprint density at radius 3 is 2.70 bits per heavy atom. The molecule has 1 aromatic rings. The summed E-state index contributed by atoms with van der Waals surface area (Å²) in [4.78, 5) is 23.4. The van der Waals surface area contributed by atoms with Gasteiger partial charge >= 0.3 is 11.9 Å². The molecule has 4 rings (SSSR count). The summed E-state index contributed by atoms with van der Waals surface area (Å²) in [5.74, 6) is -1.03. The van der Waals surface area contributed by atoms with Gasteiger partial charge in [0, 0.05) is 6.92 Å². The van der Waals surface area contributed by atoms with E-state index in [9.17, 15) is 14.7 Å². The Morgan fingerprint density at radius 2 is 2.00 bits per heavy atom. The van der Waals surface area contributed by atoms with Crippen molar-refractivity contribution < 1.29 is 33.6 Å². The van der Waals surface area contributed by atoms with Gasteiger partial charge in [0.25, 0.3) is 0 Å². The lowest BCUT2D eigenvalue weighted by Crippen LogP contribution is -2.54. The number of hydrogen-bond donors (Lipinski definition) is 1. The third-order valence-corrected chi connectivity index (χ3v) is 4.49. The molecule has 2 aliphatic heterocycles. The average Bonchev–Trinajstić information content (AvgIpc) is 3.42. The van der Waals surface area contributed by atoms with E-state index in [4.69, 9.17) is 18.9 Å². The summed E-state index contributed by atoms with van der Waals surface area (Å²) < 4.78 is 21.5. The molecule has 2 heterocycles. The van der Waals surface area contributed by atoms with Gasteiger partial charge in [-0.25, -0.2) is 4.79 Å². The summed E-state index contributed by atoms with van der Waals surface area (Å²) >= 11 is 0. The molecule has 3 fully saturated rings. The number of aliphatic hydroxyl groups is 1. The molecule has 6 atom stereocenters. The molecule has 2 saturated heterocycles. The zero-order valence-corrected chi connectivity index (χ0v) is 12.4. The predicted molar refractivity (Wildman–Crippen MR) is 74.6 cm³/mol. The van der Waals surface area contributed by atoms with Gasteiger partial charge in [0.2, 0.25) is 0 Å². The van der Waals surface area contributed by atoms with E-state index >= 15 is 0 Å². The van der Waals surface area contributed by atoms with Crippen molar-refractivity contribution in [1.29, 1.82) is 0 Å². The van der Waals surface area contributed by atoms with Gasteiger partial charge in [-0.1, -0.05) is 18.2 Å². The van der Waals surface area contributed by atoms with Gasteiger partial charge in [0.05, 0.1) is 5.56 Å². The van der Waals surface area contributed by atoms with Crippen molar-refractivity contribution in [2.75, 3.05) is 6.61 Å². The van der Waals surface area contributed by atoms with Crippen molar-refractivity contribution in [2.45, 2.75) is 43.0 Å². The van der Waals surface area contributed by atoms with Crippen LogP contribution in [0.5, 0.6) is 0 Å². The first-order valence-electron chi connectivity index (χ1n) is 7.44. The summed E-state index contributed by atoms with van der Waals surface area (Å²) in [6.07, 6.45) is -2.84. The van der Waals surface area contributed by atoms with Crippen molar-refractivity contribution in [3.63, 3.8) is 0 Å². The number of benzene rings is 1. The summed E-state index contributed by atoms with van der Waals surface area (Å²) in [6.45, 7) is 1.15. The lowest BCUT2D eigenvalue weighted by molar-refractivity contribution is -0.161. The van der Waals surface area contributed by atoms with Crippen LogP contribution in [0.3, 0.4) is 0 Å². The molecule has 1 aliphatic carbocycles. The van der Waals surface area contributed by atoms with E-state index in [-0.39, 0.29) is 24.9 Å². The fourth-order valence-electron chi connectivity index (χ4n) is 3.27. The molecule has 1 saturated carbocycles. The van der Waals surface area contributed by atoms with E-state index in [1.807, 2.05) is 0 Å². The number of rotatable bonds is 4. The average molecular weight is 320 g/mol. The molecule has 0 aromatic heterocycles. The SMILES string of the molecule is CC(=O)OC1C(O)C2OC2C2OC12COC(=O)c1ccccc1. The van der Waals surface area contributed by atoms with Crippen LogP contribution >= 0.6 is 0 Å². The maximum absolute atomic E-state index is 12.1. The third kappa shape index (κ3) is 2.32. The quantitative estimate of drug-likeness (QED) is 0.618. The Bertz CT molecular complexity index is 645. The van der Waals surface area contributed by atoms with Crippen LogP contribution in [0.2, 0.25) is 0 Å².